The number of hydrogen-bond acceptors (Lipinski definition) is 5. The highest BCUT2D eigenvalue weighted by Crippen LogP contribution is 2.19. The lowest BCUT2D eigenvalue weighted by atomic mass is 10.1. The molecule has 2 amide bonds. The molecule has 0 saturated carbocycles. The van der Waals surface area contributed by atoms with Crippen LogP contribution in [0.4, 0.5) is 0 Å². The zero-order valence-corrected chi connectivity index (χ0v) is 15.9. The highest BCUT2D eigenvalue weighted by atomic mass is 16.5. The Balaban J connectivity index is 1.57. The van der Waals surface area contributed by atoms with Gasteiger partial charge in [0.15, 0.2) is 0 Å². The van der Waals surface area contributed by atoms with E-state index in [4.69, 9.17) is 4.74 Å². The van der Waals surface area contributed by atoms with Gasteiger partial charge in [0, 0.05) is 44.1 Å². The van der Waals surface area contributed by atoms with Crippen LogP contribution in [-0.4, -0.2) is 63.4 Å². The van der Waals surface area contributed by atoms with Crippen molar-refractivity contribution in [2.75, 3.05) is 26.2 Å². The van der Waals surface area contributed by atoms with E-state index in [0.717, 1.165) is 5.75 Å². The Bertz CT molecular complexity index is 792. The first kappa shape index (κ1) is 18.8. The third-order valence-electron chi connectivity index (χ3n) is 4.16. The number of ether oxygens (including phenoxy) is 1. The Kier molecular flexibility index (Phi) is 5.39. The molecule has 1 fully saturated rings. The van der Waals surface area contributed by atoms with Gasteiger partial charge in [-0.2, -0.15) is 0 Å². The third-order valence-corrected chi connectivity index (χ3v) is 4.16. The van der Waals surface area contributed by atoms with Gasteiger partial charge in [-0.3, -0.25) is 14.6 Å². The minimum Gasteiger partial charge on any atom is -0.488 e. The van der Waals surface area contributed by atoms with Crippen molar-refractivity contribution in [2.45, 2.75) is 26.4 Å². The van der Waals surface area contributed by atoms with Gasteiger partial charge in [0.25, 0.3) is 11.8 Å². The molecule has 0 bridgehead atoms. The average Bonchev–Trinajstić information content (AvgIpc) is 2.67. The molecule has 0 N–H and O–H groups in total. The molecule has 0 spiro atoms. The number of rotatable bonds is 3. The van der Waals surface area contributed by atoms with Gasteiger partial charge in [-0.15, -0.1) is 0 Å². The zero-order chi connectivity index (χ0) is 19.4. The van der Waals surface area contributed by atoms with Gasteiger partial charge in [-0.05, 0) is 45.0 Å². The van der Waals surface area contributed by atoms with Crippen LogP contribution in [0.5, 0.6) is 5.75 Å². The third kappa shape index (κ3) is 4.81. The molecular weight excluding hydrogens is 344 g/mol. The zero-order valence-electron chi connectivity index (χ0n) is 15.9. The monoisotopic (exact) mass is 368 g/mol. The van der Waals surface area contributed by atoms with Crippen molar-refractivity contribution in [2.24, 2.45) is 0 Å². The predicted octanol–water partition coefficient (Wildman–Crippen LogP) is 2.25. The maximum absolute atomic E-state index is 12.7. The second-order valence-electron chi connectivity index (χ2n) is 7.41. The van der Waals surface area contributed by atoms with Gasteiger partial charge in [0.1, 0.15) is 17.0 Å². The van der Waals surface area contributed by atoms with Crippen molar-refractivity contribution in [1.29, 1.82) is 0 Å². The fraction of sp³-hybridized carbons (Fsp3) is 0.400. The van der Waals surface area contributed by atoms with Crippen LogP contribution in [0.25, 0.3) is 0 Å². The molecule has 142 valence electrons. The summed E-state index contributed by atoms with van der Waals surface area (Å²) < 4.78 is 5.78. The van der Waals surface area contributed by atoms with Crippen LogP contribution in [-0.2, 0) is 0 Å². The Labute approximate surface area is 159 Å². The van der Waals surface area contributed by atoms with E-state index in [1.165, 1.54) is 18.6 Å². The molecular formula is C20H24N4O3. The summed E-state index contributed by atoms with van der Waals surface area (Å²) in [6.45, 7) is 7.88. The molecule has 1 aromatic carbocycles. The summed E-state index contributed by atoms with van der Waals surface area (Å²) in [4.78, 5) is 36.5. The second-order valence-corrected chi connectivity index (χ2v) is 7.41. The van der Waals surface area contributed by atoms with Gasteiger partial charge in [0.05, 0.1) is 6.20 Å². The minimum atomic E-state index is -0.280. The number of nitrogens with zero attached hydrogens (tertiary/aromatic N) is 4. The topological polar surface area (TPSA) is 75.6 Å². The summed E-state index contributed by atoms with van der Waals surface area (Å²) in [6, 6.07) is 7.18. The number of amides is 2. The summed E-state index contributed by atoms with van der Waals surface area (Å²) in [7, 11) is 0. The lowest BCUT2D eigenvalue weighted by Gasteiger charge is -2.34. The van der Waals surface area contributed by atoms with Gasteiger partial charge in [-0.1, -0.05) is 0 Å². The normalized spacial score (nSPS) is 14.8. The van der Waals surface area contributed by atoms with Crippen molar-refractivity contribution in [3.8, 4) is 5.75 Å². The lowest BCUT2D eigenvalue weighted by molar-refractivity contribution is 0.0532. The first-order chi connectivity index (χ1) is 12.8. The molecule has 1 aliphatic heterocycles. The fourth-order valence-corrected chi connectivity index (χ4v) is 2.89. The quantitative estimate of drug-likeness (QED) is 0.831. The molecule has 0 aliphatic carbocycles. The molecule has 7 heteroatoms. The van der Waals surface area contributed by atoms with E-state index in [1.807, 2.05) is 32.9 Å². The molecule has 27 heavy (non-hydrogen) atoms. The van der Waals surface area contributed by atoms with Crippen LogP contribution >= 0.6 is 0 Å². The largest absolute Gasteiger partial charge is 0.488 e. The van der Waals surface area contributed by atoms with Crippen LogP contribution in [0.1, 0.15) is 41.6 Å². The molecule has 1 saturated heterocycles. The molecule has 1 aromatic heterocycles. The molecule has 0 radical (unpaired) electrons. The van der Waals surface area contributed by atoms with Crippen LogP contribution < -0.4 is 4.74 Å². The lowest BCUT2D eigenvalue weighted by Crippen LogP contribution is -2.50. The van der Waals surface area contributed by atoms with Crippen molar-refractivity contribution in [1.82, 2.24) is 19.8 Å². The summed E-state index contributed by atoms with van der Waals surface area (Å²) >= 11 is 0. The van der Waals surface area contributed by atoms with Crippen molar-refractivity contribution in [3.63, 3.8) is 0 Å². The summed E-state index contributed by atoms with van der Waals surface area (Å²) in [5.41, 5.74) is 0.661. The van der Waals surface area contributed by atoms with Crippen molar-refractivity contribution >= 4 is 11.8 Å². The Hall–Kier alpha value is -2.96. The fourth-order valence-electron chi connectivity index (χ4n) is 2.89. The average molecular weight is 368 g/mol. The van der Waals surface area contributed by atoms with Crippen LogP contribution in [0.2, 0.25) is 0 Å². The summed E-state index contributed by atoms with van der Waals surface area (Å²) in [5, 5.41) is 0. The second kappa shape index (κ2) is 7.73. The van der Waals surface area contributed by atoms with Crippen LogP contribution in [0.15, 0.2) is 42.9 Å². The Morgan fingerprint density at radius 2 is 1.52 bits per heavy atom. The van der Waals surface area contributed by atoms with E-state index in [0.29, 0.717) is 37.4 Å². The number of benzene rings is 1. The molecule has 0 unspecified atom stereocenters. The van der Waals surface area contributed by atoms with Gasteiger partial charge >= 0.3 is 0 Å². The van der Waals surface area contributed by atoms with Gasteiger partial charge < -0.3 is 14.5 Å². The van der Waals surface area contributed by atoms with E-state index >= 15 is 0 Å². The van der Waals surface area contributed by atoms with Crippen molar-refractivity contribution < 1.29 is 14.3 Å². The maximum Gasteiger partial charge on any atom is 0.274 e. The molecule has 0 atom stereocenters. The molecule has 2 heterocycles. The van der Waals surface area contributed by atoms with Crippen LogP contribution in [0.3, 0.4) is 0 Å². The number of carbonyl (C=O) groups is 2. The first-order valence-electron chi connectivity index (χ1n) is 8.97. The molecule has 1 aliphatic rings. The smallest absolute Gasteiger partial charge is 0.274 e. The molecule has 2 aromatic rings. The molecule has 3 rings (SSSR count). The minimum absolute atomic E-state index is 0.0380. The maximum atomic E-state index is 12.7. The highest BCUT2D eigenvalue weighted by molar-refractivity contribution is 5.95. The van der Waals surface area contributed by atoms with Crippen LogP contribution in [0, 0.1) is 0 Å². The van der Waals surface area contributed by atoms with E-state index in [2.05, 4.69) is 9.97 Å². The summed E-state index contributed by atoms with van der Waals surface area (Å²) in [5.74, 6) is 0.543. The van der Waals surface area contributed by atoms with E-state index < -0.39 is 0 Å². The Morgan fingerprint density at radius 1 is 0.926 bits per heavy atom. The highest BCUT2D eigenvalue weighted by Gasteiger charge is 2.26. The van der Waals surface area contributed by atoms with E-state index in [-0.39, 0.29) is 17.4 Å². The number of carbonyl (C=O) groups excluding carboxylic acids is 2. The Morgan fingerprint density at radius 3 is 2.04 bits per heavy atom. The SMILES string of the molecule is CC(C)(C)Oc1ccc(C(=O)N2CCN(C(=O)c3cnccn3)CC2)cc1. The van der Waals surface area contributed by atoms with Crippen molar-refractivity contribution in [3.05, 3.63) is 54.1 Å². The first-order valence-corrected chi connectivity index (χ1v) is 8.97. The van der Waals surface area contributed by atoms with Gasteiger partial charge in [0.2, 0.25) is 0 Å². The number of piperazine rings is 1. The van der Waals surface area contributed by atoms with E-state index in [9.17, 15) is 9.59 Å². The number of aromatic nitrogens is 2. The van der Waals surface area contributed by atoms with E-state index in [1.54, 1.807) is 21.9 Å². The predicted molar refractivity (Wildman–Crippen MR) is 101 cm³/mol. The summed E-state index contributed by atoms with van der Waals surface area (Å²) in [6.07, 6.45) is 4.49. The molecule has 7 nitrogen and oxygen atoms in total. The van der Waals surface area contributed by atoms with Gasteiger partial charge in [-0.25, -0.2) is 4.98 Å². The standard InChI is InChI=1S/C20H24N4O3/c1-20(2,3)27-16-6-4-15(5-7-16)18(25)23-10-12-24(13-11-23)19(26)17-14-21-8-9-22-17/h4-9,14H,10-13H2,1-3H3. The number of hydrogen-bond donors (Lipinski definition) is 0.